The van der Waals surface area contributed by atoms with Crippen molar-refractivity contribution in [2.24, 2.45) is 0 Å². The van der Waals surface area contributed by atoms with E-state index < -0.39 is 0 Å². The van der Waals surface area contributed by atoms with Gasteiger partial charge in [-0.15, -0.1) is 10.2 Å². The van der Waals surface area contributed by atoms with Crippen molar-refractivity contribution >= 4 is 11.6 Å². The van der Waals surface area contributed by atoms with E-state index in [4.69, 9.17) is 9.47 Å². The molecule has 0 fully saturated rings. The summed E-state index contributed by atoms with van der Waals surface area (Å²) in [6.45, 7) is 0. The molecule has 0 aliphatic rings. The molecule has 0 N–H and O–H groups in total. The summed E-state index contributed by atoms with van der Waals surface area (Å²) in [6.07, 6.45) is 0. The molecule has 5 aromatic rings. The number of hydrogen-bond donors (Lipinski definition) is 0. The minimum Gasteiger partial charge on any atom is -0.497 e. The lowest BCUT2D eigenvalue weighted by Crippen LogP contribution is -2.17. The van der Waals surface area contributed by atoms with Crippen LogP contribution in [-0.2, 0) is 0 Å². The standard InChI is InChI=1S/C32H24N2O4/c1-37-25-17-13-22(14-18-25)30-28(31(35)23-11-7-4-8-12-23)27(29(33-34-30)21-9-5-3-6-10-21)32(36)24-15-19-26(38-2)20-16-24/h3-20H,1-2H3. The van der Waals surface area contributed by atoms with Crippen molar-refractivity contribution in [2.75, 3.05) is 14.2 Å². The van der Waals surface area contributed by atoms with Gasteiger partial charge in [0.15, 0.2) is 11.6 Å². The first-order valence-corrected chi connectivity index (χ1v) is 12.0. The molecule has 6 heteroatoms. The number of ether oxygens (including phenoxy) is 2. The van der Waals surface area contributed by atoms with Crippen molar-refractivity contribution in [1.82, 2.24) is 10.2 Å². The topological polar surface area (TPSA) is 78.4 Å². The molecule has 38 heavy (non-hydrogen) atoms. The maximum absolute atomic E-state index is 14.2. The van der Waals surface area contributed by atoms with E-state index in [0.29, 0.717) is 45.1 Å². The molecule has 1 heterocycles. The number of carbonyl (C=O) groups excluding carboxylic acids is 2. The summed E-state index contributed by atoms with van der Waals surface area (Å²) >= 11 is 0. The summed E-state index contributed by atoms with van der Waals surface area (Å²) < 4.78 is 10.6. The predicted octanol–water partition coefficient (Wildman–Crippen LogP) is 6.29. The van der Waals surface area contributed by atoms with Gasteiger partial charge in [-0.3, -0.25) is 9.59 Å². The molecule has 4 aromatic carbocycles. The largest absolute Gasteiger partial charge is 0.497 e. The molecule has 0 aliphatic carbocycles. The zero-order valence-electron chi connectivity index (χ0n) is 20.9. The highest BCUT2D eigenvalue weighted by atomic mass is 16.5. The first kappa shape index (κ1) is 24.6. The van der Waals surface area contributed by atoms with Gasteiger partial charge in [0.25, 0.3) is 0 Å². The molecule has 1 aromatic heterocycles. The number of ketones is 2. The molecule has 0 unspecified atom stereocenters. The molecule has 0 aliphatic heterocycles. The van der Waals surface area contributed by atoms with E-state index in [9.17, 15) is 9.59 Å². The van der Waals surface area contributed by atoms with Crippen molar-refractivity contribution < 1.29 is 19.1 Å². The molecule has 0 spiro atoms. The molecule has 0 amide bonds. The van der Waals surface area contributed by atoms with Crippen molar-refractivity contribution in [3.05, 3.63) is 131 Å². The van der Waals surface area contributed by atoms with Crippen molar-refractivity contribution in [2.45, 2.75) is 0 Å². The third kappa shape index (κ3) is 4.80. The van der Waals surface area contributed by atoms with Crippen molar-refractivity contribution in [3.63, 3.8) is 0 Å². The second-order valence-electron chi connectivity index (χ2n) is 8.49. The lowest BCUT2D eigenvalue weighted by atomic mass is 9.88. The van der Waals surface area contributed by atoms with Gasteiger partial charge in [0.05, 0.1) is 25.3 Å². The van der Waals surface area contributed by atoms with Gasteiger partial charge in [-0.1, -0.05) is 60.7 Å². The van der Waals surface area contributed by atoms with Crippen LogP contribution in [0.4, 0.5) is 0 Å². The number of hydrogen-bond acceptors (Lipinski definition) is 6. The molecular formula is C32H24N2O4. The van der Waals surface area contributed by atoms with Gasteiger partial charge in [-0.25, -0.2) is 0 Å². The Morgan fingerprint density at radius 2 is 0.895 bits per heavy atom. The average Bonchev–Trinajstić information content (AvgIpc) is 3.00. The lowest BCUT2D eigenvalue weighted by molar-refractivity contribution is 0.100. The smallest absolute Gasteiger partial charge is 0.196 e. The van der Waals surface area contributed by atoms with Crippen molar-refractivity contribution in [3.8, 4) is 34.0 Å². The van der Waals surface area contributed by atoms with Crippen LogP contribution in [0.15, 0.2) is 109 Å². The molecule has 0 saturated heterocycles. The number of rotatable bonds is 8. The third-order valence-electron chi connectivity index (χ3n) is 6.23. The maximum Gasteiger partial charge on any atom is 0.196 e. The fraction of sp³-hybridized carbons (Fsp3) is 0.0625. The van der Waals surface area contributed by atoms with Gasteiger partial charge >= 0.3 is 0 Å². The van der Waals surface area contributed by atoms with Gasteiger partial charge in [0.2, 0.25) is 0 Å². The highest BCUT2D eigenvalue weighted by molar-refractivity contribution is 6.23. The van der Waals surface area contributed by atoms with Crippen LogP contribution in [0.25, 0.3) is 22.5 Å². The Bertz CT molecular complexity index is 1580. The minimum absolute atomic E-state index is 0.191. The van der Waals surface area contributed by atoms with Gasteiger partial charge < -0.3 is 9.47 Å². The third-order valence-corrected chi connectivity index (χ3v) is 6.23. The predicted molar refractivity (Wildman–Crippen MR) is 146 cm³/mol. The lowest BCUT2D eigenvalue weighted by Gasteiger charge is -2.17. The summed E-state index contributed by atoms with van der Waals surface area (Å²) in [7, 11) is 3.15. The maximum atomic E-state index is 14.2. The fourth-order valence-electron chi connectivity index (χ4n) is 4.25. The number of carbonyl (C=O) groups is 2. The van der Waals surface area contributed by atoms with E-state index in [1.54, 1.807) is 87.0 Å². The van der Waals surface area contributed by atoms with Crippen LogP contribution in [0.1, 0.15) is 31.8 Å². The van der Waals surface area contributed by atoms with Gasteiger partial charge in [0, 0.05) is 22.3 Å². The second-order valence-corrected chi connectivity index (χ2v) is 8.49. The molecule has 186 valence electrons. The molecule has 6 nitrogen and oxygen atoms in total. The first-order chi connectivity index (χ1) is 18.6. The zero-order chi connectivity index (χ0) is 26.5. The van der Waals surface area contributed by atoms with E-state index in [0.717, 1.165) is 0 Å². The molecule has 0 radical (unpaired) electrons. The SMILES string of the molecule is COc1ccc(C(=O)c2c(-c3ccccc3)nnc(-c3ccc(OC)cc3)c2C(=O)c2ccccc2)cc1. The molecule has 5 rings (SSSR count). The molecular weight excluding hydrogens is 476 g/mol. The molecule has 0 saturated carbocycles. The number of benzene rings is 4. The van der Waals surface area contributed by atoms with Gasteiger partial charge in [0.1, 0.15) is 22.9 Å². The number of nitrogens with zero attached hydrogens (tertiary/aromatic N) is 2. The summed E-state index contributed by atoms with van der Waals surface area (Å²) in [5, 5.41) is 9.01. The van der Waals surface area contributed by atoms with E-state index in [1.165, 1.54) is 0 Å². The average molecular weight is 501 g/mol. The fourth-order valence-corrected chi connectivity index (χ4v) is 4.25. The number of aromatic nitrogens is 2. The monoisotopic (exact) mass is 500 g/mol. The van der Waals surface area contributed by atoms with Crippen LogP contribution in [0.3, 0.4) is 0 Å². The molecule has 0 atom stereocenters. The summed E-state index contributed by atoms with van der Waals surface area (Å²) in [4.78, 5) is 28.3. The Balaban J connectivity index is 1.82. The van der Waals surface area contributed by atoms with Crippen molar-refractivity contribution in [1.29, 1.82) is 0 Å². The highest BCUT2D eigenvalue weighted by Gasteiger charge is 2.29. The van der Waals surface area contributed by atoms with E-state index >= 15 is 0 Å². The quantitative estimate of drug-likeness (QED) is 0.233. The summed E-state index contributed by atoms with van der Waals surface area (Å²) in [6, 6.07) is 32.1. The summed E-state index contributed by atoms with van der Waals surface area (Å²) in [5.41, 5.74) is 3.20. The van der Waals surface area contributed by atoms with Gasteiger partial charge in [-0.2, -0.15) is 0 Å². The zero-order valence-corrected chi connectivity index (χ0v) is 20.9. The Morgan fingerprint density at radius 3 is 1.37 bits per heavy atom. The van der Waals surface area contributed by atoms with E-state index in [1.807, 2.05) is 36.4 Å². The number of methoxy groups -OCH3 is 2. The Kier molecular flexibility index (Phi) is 7.04. The second kappa shape index (κ2) is 10.9. The van der Waals surface area contributed by atoms with Crippen LogP contribution >= 0.6 is 0 Å². The highest BCUT2D eigenvalue weighted by Crippen LogP contribution is 2.34. The minimum atomic E-state index is -0.338. The van der Waals surface area contributed by atoms with Crippen LogP contribution in [0.2, 0.25) is 0 Å². The van der Waals surface area contributed by atoms with E-state index in [-0.39, 0.29) is 22.7 Å². The van der Waals surface area contributed by atoms with Gasteiger partial charge in [-0.05, 0) is 48.5 Å². The summed E-state index contributed by atoms with van der Waals surface area (Å²) in [5.74, 6) is 0.626. The Morgan fingerprint density at radius 1 is 0.500 bits per heavy atom. The van der Waals surface area contributed by atoms with Crippen LogP contribution in [0, 0.1) is 0 Å². The van der Waals surface area contributed by atoms with Crippen LogP contribution < -0.4 is 9.47 Å². The normalized spacial score (nSPS) is 10.6. The first-order valence-electron chi connectivity index (χ1n) is 12.0. The van der Waals surface area contributed by atoms with Crippen LogP contribution in [-0.4, -0.2) is 36.0 Å². The Labute approximate surface area is 220 Å². The van der Waals surface area contributed by atoms with Crippen LogP contribution in [0.5, 0.6) is 11.5 Å². The Hall–Kier alpha value is -5.10. The molecule has 0 bridgehead atoms. The van der Waals surface area contributed by atoms with E-state index in [2.05, 4.69) is 10.2 Å².